The molecule has 0 spiro atoms. The lowest BCUT2D eigenvalue weighted by Gasteiger charge is -2.10. The molecule has 0 heterocycles. The first-order valence-corrected chi connectivity index (χ1v) is 7.42. The molecule has 24 heavy (non-hydrogen) atoms. The lowest BCUT2D eigenvalue weighted by Crippen LogP contribution is -2.38. The number of hydrogen-bond acceptors (Lipinski definition) is 6. The zero-order valence-corrected chi connectivity index (χ0v) is 13.8. The van der Waals surface area contributed by atoms with Gasteiger partial charge in [-0.1, -0.05) is 6.07 Å². The number of carbonyl (C=O) groups excluding carboxylic acids is 2. The van der Waals surface area contributed by atoms with Gasteiger partial charge in [-0.25, -0.2) is 0 Å². The minimum Gasteiger partial charge on any atom is -0.378 e. The van der Waals surface area contributed by atoms with Gasteiger partial charge in [0, 0.05) is 30.8 Å². The van der Waals surface area contributed by atoms with Crippen LogP contribution in [0.15, 0.2) is 24.3 Å². The second-order valence-electron chi connectivity index (χ2n) is 5.26. The van der Waals surface area contributed by atoms with E-state index in [-0.39, 0.29) is 23.7 Å². The number of nitro groups is 1. The fourth-order valence-corrected chi connectivity index (χ4v) is 1.70. The number of carbonyl (C=O) groups is 2. The van der Waals surface area contributed by atoms with Crippen molar-refractivity contribution < 1.29 is 19.2 Å². The Kier molecular flexibility index (Phi) is 8.37. The van der Waals surface area contributed by atoms with E-state index in [9.17, 15) is 19.7 Å². The van der Waals surface area contributed by atoms with Crippen LogP contribution in [-0.2, 0) is 9.53 Å². The van der Waals surface area contributed by atoms with E-state index in [1.54, 1.807) is 0 Å². The Morgan fingerprint density at radius 3 is 2.67 bits per heavy atom. The maximum Gasteiger partial charge on any atom is 0.270 e. The van der Waals surface area contributed by atoms with Gasteiger partial charge in [0.05, 0.1) is 24.7 Å². The van der Waals surface area contributed by atoms with E-state index in [1.807, 2.05) is 19.0 Å². The van der Waals surface area contributed by atoms with Gasteiger partial charge in [0.25, 0.3) is 11.6 Å². The average Bonchev–Trinajstić information content (AvgIpc) is 2.55. The summed E-state index contributed by atoms with van der Waals surface area (Å²) >= 11 is 0. The van der Waals surface area contributed by atoms with Crippen LogP contribution in [-0.4, -0.2) is 68.6 Å². The summed E-state index contributed by atoms with van der Waals surface area (Å²) in [6.07, 6.45) is 0. The predicted octanol–water partition coefficient (Wildman–Crippen LogP) is 0.0190. The number of ether oxygens (including phenoxy) is 1. The maximum absolute atomic E-state index is 11.9. The summed E-state index contributed by atoms with van der Waals surface area (Å²) in [5, 5.41) is 15.7. The van der Waals surface area contributed by atoms with Crippen molar-refractivity contribution in [3.8, 4) is 0 Å². The van der Waals surface area contributed by atoms with Crippen molar-refractivity contribution in [2.45, 2.75) is 0 Å². The van der Waals surface area contributed by atoms with Crippen molar-refractivity contribution in [3.63, 3.8) is 0 Å². The molecule has 0 bridgehead atoms. The Labute approximate surface area is 140 Å². The Morgan fingerprint density at radius 1 is 1.25 bits per heavy atom. The second kappa shape index (κ2) is 10.3. The van der Waals surface area contributed by atoms with Crippen molar-refractivity contribution in [1.29, 1.82) is 0 Å². The zero-order chi connectivity index (χ0) is 17.9. The minimum atomic E-state index is -0.584. The molecule has 1 aromatic rings. The van der Waals surface area contributed by atoms with Gasteiger partial charge in [0.15, 0.2) is 0 Å². The lowest BCUT2D eigenvalue weighted by molar-refractivity contribution is -0.384. The fourth-order valence-electron chi connectivity index (χ4n) is 1.70. The zero-order valence-electron chi connectivity index (χ0n) is 13.8. The van der Waals surface area contributed by atoms with Gasteiger partial charge >= 0.3 is 0 Å². The third kappa shape index (κ3) is 7.65. The van der Waals surface area contributed by atoms with E-state index in [0.717, 1.165) is 12.6 Å². The SMILES string of the molecule is CN(C)CCOCCNC(=O)CNC(=O)c1cccc([N+](=O)[O-])c1. The van der Waals surface area contributed by atoms with E-state index in [1.165, 1.54) is 18.2 Å². The smallest absolute Gasteiger partial charge is 0.270 e. The van der Waals surface area contributed by atoms with E-state index in [2.05, 4.69) is 10.6 Å². The first-order valence-electron chi connectivity index (χ1n) is 7.42. The number of likely N-dealkylation sites (N-methyl/N-ethyl adjacent to an activating group) is 1. The highest BCUT2D eigenvalue weighted by Crippen LogP contribution is 2.12. The molecule has 9 heteroatoms. The molecule has 9 nitrogen and oxygen atoms in total. The van der Waals surface area contributed by atoms with E-state index < -0.39 is 10.8 Å². The molecule has 2 amide bonds. The van der Waals surface area contributed by atoms with Crippen molar-refractivity contribution in [2.24, 2.45) is 0 Å². The number of hydrogen-bond donors (Lipinski definition) is 2. The summed E-state index contributed by atoms with van der Waals surface area (Å²) in [7, 11) is 3.88. The molecule has 0 aliphatic carbocycles. The summed E-state index contributed by atoms with van der Waals surface area (Å²) < 4.78 is 5.32. The van der Waals surface area contributed by atoms with Crippen LogP contribution in [0.4, 0.5) is 5.69 Å². The molecule has 0 fully saturated rings. The quantitative estimate of drug-likeness (QED) is 0.353. The van der Waals surface area contributed by atoms with Gasteiger partial charge in [-0.15, -0.1) is 0 Å². The highest BCUT2D eigenvalue weighted by molar-refractivity contribution is 5.96. The third-order valence-corrected chi connectivity index (χ3v) is 2.98. The van der Waals surface area contributed by atoms with Gasteiger partial charge in [-0.3, -0.25) is 19.7 Å². The van der Waals surface area contributed by atoms with Gasteiger partial charge in [-0.05, 0) is 20.2 Å². The average molecular weight is 338 g/mol. The van der Waals surface area contributed by atoms with Crippen molar-refractivity contribution in [2.75, 3.05) is 46.9 Å². The van der Waals surface area contributed by atoms with Crippen LogP contribution in [0.1, 0.15) is 10.4 Å². The summed E-state index contributed by atoms with van der Waals surface area (Å²) in [6.45, 7) is 1.90. The Bertz CT molecular complexity index is 577. The van der Waals surface area contributed by atoms with Gasteiger partial charge in [-0.2, -0.15) is 0 Å². The van der Waals surface area contributed by atoms with E-state index >= 15 is 0 Å². The molecule has 2 N–H and O–H groups in total. The van der Waals surface area contributed by atoms with Crippen LogP contribution in [0.3, 0.4) is 0 Å². The number of nitro benzene ring substituents is 1. The third-order valence-electron chi connectivity index (χ3n) is 2.98. The molecule has 0 unspecified atom stereocenters. The van der Waals surface area contributed by atoms with Crippen LogP contribution < -0.4 is 10.6 Å². The highest BCUT2D eigenvalue weighted by atomic mass is 16.6. The molecule has 132 valence electrons. The molecule has 1 aromatic carbocycles. The van der Waals surface area contributed by atoms with E-state index in [4.69, 9.17) is 4.74 Å². The molecule has 0 atom stereocenters. The molecule has 1 rings (SSSR count). The van der Waals surface area contributed by atoms with Crippen LogP contribution in [0.2, 0.25) is 0 Å². The monoisotopic (exact) mass is 338 g/mol. The van der Waals surface area contributed by atoms with Gasteiger partial charge < -0.3 is 20.3 Å². The molecule has 0 aliphatic rings. The van der Waals surface area contributed by atoms with Crippen LogP contribution in [0, 0.1) is 10.1 Å². The number of amides is 2. The summed E-state index contributed by atoms with van der Waals surface area (Å²) in [5.41, 5.74) is -0.0500. The number of nitrogens with zero attached hydrogens (tertiary/aromatic N) is 2. The normalized spacial score (nSPS) is 10.5. The van der Waals surface area contributed by atoms with Crippen molar-refractivity contribution in [3.05, 3.63) is 39.9 Å². The molecule has 0 saturated carbocycles. The predicted molar refractivity (Wildman–Crippen MR) is 87.8 cm³/mol. The number of nitrogens with one attached hydrogen (secondary N) is 2. The number of non-ortho nitro benzene ring substituents is 1. The van der Waals surface area contributed by atoms with Gasteiger partial charge in [0.2, 0.25) is 5.91 Å². The van der Waals surface area contributed by atoms with Gasteiger partial charge in [0.1, 0.15) is 0 Å². The summed E-state index contributed by atoms with van der Waals surface area (Å²) in [6, 6.07) is 5.31. The number of rotatable bonds is 10. The lowest BCUT2D eigenvalue weighted by atomic mass is 10.2. The van der Waals surface area contributed by atoms with E-state index in [0.29, 0.717) is 19.8 Å². The first kappa shape index (κ1) is 19.5. The van der Waals surface area contributed by atoms with Crippen molar-refractivity contribution in [1.82, 2.24) is 15.5 Å². The number of benzene rings is 1. The first-order chi connectivity index (χ1) is 11.4. The van der Waals surface area contributed by atoms with Crippen LogP contribution in [0.25, 0.3) is 0 Å². The topological polar surface area (TPSA) is 114 Å². The molecule has 0 aromatic heterocycles. The maximum atomic E-state index is 11.9. The summed E-state index contributed by atoms with van der Waals surface area (Å²) in [5.74, 6) is -0.902. The molecule has 0 radical (unpaired) electrons. The minimum absolute atomic E-state index is 0.129. The van der Waals surface area contributed by atoms with Crippen LogP contribution >= 0.6 is 0 Å². The molecule has 0 saturated heterocycles. The van der Waals surface area contributed by atoms with Crippen LogP contribution in [0.5, 0.6) is 0 Å². The molecule has 0 aliphatic heterocycles. The Balaban J connectivity index is 2.25. The molecular formula is C15H22N4O5. The molecular weight excluding hydrogens is 316 g/mol. The highest BCUT2D eigenvalue weighted by Gasteiger charge is 2.12. The fraction of sp³-hybridized carbons (Fsp3) is 0.467. The largest absolute Gasteiger partial charge is 0.378 e. The summed E-state index contributed by atoms with van der Waals surface area (Å²) in [4.78, 5) is 35.5. The Hall–Kier alpha value is -2.52. The Morgan fingerprint density at radius 2 is 2.00 bits per heavy atom. The van der Waals surface area contributed by atoms with Crippen molar-refractivity contribution >= 4 is 17.5 Å². The standard InChI is InChI=1S/C15H22N4O5/c1-18(2)7-9-24-8-6-16-14(20)11-17-15(21)12-4-3-5-13(10-12)19(22)23/h3-5,10H,6-9,11H2,1-2H3,(H,16,20)(H,17,21). The second-order valence-corrected chi connectivity index (χ2v) is 5.26.